The van der Waals surface area contributed by atoms with Gasteiger partial charge in [-0.05, 0) is 13.8 Å². The average molecular weight is 198 g/mol. The third-order valence-corrected chi connectivity index (χ3v) is 3.12. The van der Waals surface area contributed by atoms with Crippen LogP contribution in [0.2, 0.25) is 0 Å². The number of aryl methyl sites for hydroxylation is 1. The highest BCUT2D eigenvalue weighted by Crippen LogP contribution is 2.20. The van der Waals surface area contributed by atoms with Crippen LogP contribution in [0.4, 0.5) is 0 Å². The minimum atomic E-state index is 0.0535. The van der Waals surface area contributed by atoms with Gasteiger partial charge in [-0.3, -0.25) is 0 Å². The Bertz CT molecular complexity index is 294. The van der Waals surface area contributed by atoms with Crippen molar-refractivity contribution in [2.75, 3.05) is 13.1 Å². The SMILES string of the molecule is Cc1ncc(COC2(C)CNC2)s1. The van der Waals surface area contributed by atoms with Crippen LogP contribution in [0.5, 0.6) is 0 Å². The summed E-state index contributed by atoms with van der Waals surface area (Å²) in [5.74, 6) is 0. The largest absolute Gasteiger partial charge is 0.367 e. The molecule has 1 aliphatic rings. The normalized spacial score (nSPS) is 19.8. The van der Waals surface area contributed by atoms with Gasteiger partial charge in [-0.25, -0.2) is 4.98 Å². The van der Waals surface area contributed by atoms with E-state index < -0.39 is 0 Å². The molecular weight excluding hydrogens is 184 g/mol. The fourth-order valence-corrected chi connectivity index (χ4v) is 2.00. The number of hydrogen-bond acceptors (Lipinski definition) is 4. The van der Waals surface area contributed by atoms with Gasteiger partial charge >= 0.3 is 0 Å². The first-order valence-electron chi connectivity index (χ1n) is 4.44. The summed E-state index contributed by atoms with van der Waals surface area (Å²) in [5.41, 5.74) is 0.0535. The molecule has 1 fully saturated rings. The second kappa shape index (κ2) is 3.36. The molecule has 3 nitrogen and oxygen atoms in total. The van der Waals surface area contributed by atoms with E-state index in [1.54, 1.807) is 11.3 Å². The first-order chi connectivity index (χ1) is 6.18. The summed E-state index contributed by atoms with van der Waals surface area (Å²) in [6.45, 7) is 6.78. The van der Waals surface area contributed by atoms with Gasteiger partial charge in [0.15, 0.2) is 0 Å². The van der Waals surface area contributed by atoms with Gasteiger partial charge in [0.05, 0.1) is 22.1 Å². The third-order valence-electron chi connectivity index (χ3n) is 2.23. The van der Waals surface area contributed by atoms with Gasteiger partial charge in [-0.1, -0.05) is 0 Å². The zero-order valence-electron chi connectivity index (χ0n) is 7.96. The lowest BCUT2D eigenvalue weighted by Gasteiger charge is -2.38. The number of thiazole rings is 1. The molecule has 0 spiro atoms. The van der Waals surface area contributed by atoms with Crippen molar-refractivity contribution in [1.82, 2.24) is 10.3 Å². The van der Waals surface area contributed by atoms with Crippen molar-refractivity contribution in [2.45, 2.75) is 26.1 Å². The van der Waals surface area contributed by atoms with Crippen LogP contribution in [0, 0.1) is 6.92 Å². The molecule has 2 rings (SSSR count). The smallest absolute Gasteiger partial charge is 0.0906 e. The molecular formula is C9H14N2OS. The van der Waals surface area contributed by atoms with Crippen LogP contribution in [-0.2, 0) is 11.3 Å². The molecule has 13 heavy (non-hydrogen) atoms. The Kier molecular flexibility index (Phi) is 2.36. The summed E-state index contributed by atoms with van der Waals surface area (Å²) in [7, 11) is 0. The Morgan fingerprint density at radius 2 is 2.46 bits per heavy atom. The lowest BCUT2D eigenvalue weighted by atomic mass is 10.0. The minimum Gasteiger partial charge on any atom is -0.367 e. The van der Waals surface area contributed by atoms with Crippen LogP contribution in [0.1, 0.15) is 16.8 Å². The number of ether oxygens (including phenoxy) is 1. The van der Waals surface area contributed by atoms with Crippen LogP contribution in [0.25, 0.3) is 0 Å². The van der Waals surface area contributed by atoms with E-state index >= 15 is 0 Å². The summed E-state index contributed by atoms with van der Waals surface area (Å²) in [6.07, 6.45) is 1.90. The lowest BCUT2D eigenvalue weighted by molar-refractivity contribution is -0.0758. The third kappa shape index (κ3) is 2.07. The molecule has 0 bridgehead atoms. The Balaban J connectivity index is 1.85. The van der Waals surface area contributed by atoms with Crippen molar-refractivity contribution < 1.29 is 4.74 Å². The molecule has 1 aromatic heterocycles. The van der Waals surface area contributed by atoms with Gasteiger partial charge in [0.1, 0.15) is 0 Å². The molecule has 0 atom stereocenters. The maximum Gasteiger partial charge on any atom is 0.0906 e. The summed E-state index contributed by atoms with van der Waals surface area (Å²) in [4.78, 5) is 5.40. The zero-order valence-corrected chi connectivity index (χ0v) is 8.78. The maximum atomic E-state index is 5.77. The highest BCUT2D eigenvalue weighted by atomic mass is 32.1. The number of nitrogens with zero attached hydrogens (tertiary/aromatic N) is 1. The van der Waals surface area contributed by atoms with Crippen molar-refractivity contribution in [3.8, 4) is 0 Å². The first-order valence-corrected chi connectivity index (χ1v) is 5.26. The molecule has 4 heteroatoms. The molecule has 72 valence electrons. The molecule has 1 aliphatic heterocycles. The number of aromatic nitrogens is 1. The van der Waals surface area contributed by atoms with Crippen LogP contribution < -0.4 is 5.32 Å². The summed E-state index contributed by atoms with van der Waals surface area (Å²) < 4.78 is 5.77. The van der Waals surface area contributed by atoms with E-state index in [0.29, 0.717) is 6.61 Å². The van der Waals surface area contributed by atoms with Crippen LogP contribution in [-0.4, -0.2) is 23.7 Å². The van der Waals surface area contributed by atoms with Crippen LogP contribution >= 0.6 is 11.3 Å². The molecule has 1 saturated heterocycles. The van der Waals surface area contributed by atoms with Gasteiger partial charge in [0.2, 0.25) is 0 Å². The topological polar surface area (TPSA) is 34.1 Å². The molecule has 2 heterocycles. The monoisotopic (exact) mass is 198 g/mol. The first kappa shape index (κ1) is 9.12. The van der Waals surface area contributed by atoms with Crippen LogP contribution in [0.15, 0.2) is 6.20 Å². The Morgan fingerprint density at radius 3 is 2.92 bits per heavy atom. The zero-order chi connectivity index (χ0) is 9.31. The Hall–Kier alpha value is -0.450. The number of rotatable bonds is 3. The van der Waals surface area contributed by atoms with Gasteiger partial charge in [-0.2, -0.15) is 0 Å². The number of hydrogen-bond donors (Lipinski definition) is 1. The molecule has 0 radical (unpaired) electrons. The van der Waals surface area contributed by atoms with Crippen molar-refractivity contribution in [1.29, 1.82) is 0 Å². The summed E-state index contributed by atoms with van der Waals surface area (Å²) in [6, 6.07) is 0. The second-order valence-corrected chi connectivity index (χ2v) is 5.01. The van der Waals surface area contributed by atoms with E-state index in [1.807, 2.05) is 13.1 Å². The van der Waals surface area contributed by atoms with E-state index in [4.69, 9.17) is 4.74 Å². The highest BCUT2D eigenvalue weighted by molar-refractivity contribution is 7.11. The fourth-order valence-electron chi connectivity index (χ4n) is 1.30. The molecule has 0 aliphatic carbocycles. The van der Waals surface area contributed by atoms with Gasteiger partial charge < -0.3 is 10.1 Å². The Labute approximate surface area is 82.1 Å². The van der Waals surface area contributed by atoms with E-state index in [1.165, 1.54) is 4.88 Å². The van der Waals surface area contributed by atoms with E-state index in [9.17, 15) is 0 Å². The van der Waals surface area contributed by atoms with Crippen molar-refractivity contribution in [3.63, 3.8) is 0 Å². The van der Waals surface area contributed by atoms with Gasteiger partial charge in [-0.15, -0.1) is 11.3 Å². The molecule has 0 unspecified atom stereocenters. The summed E-state index contributed by atoms with van der Waals surface area (Å²) >= 11 is 1.71. The molecule has 0 aromatic carbocycles. The fraction of sp³-hybridized carbons (Fsp3) is 0.667. The van der Waals surface area contributed by atoms with E-state index in [2.05, 4.69) is 17.2 Å². The maximum absolute atomic E-state index is 5.77. The lowest BCUT2D eigenvalue weighted by Crippen LogP contribution is -2.58. The predicted octanol–water partition coefficient (Wildman–Crippen LogP) is 1.33. The molecule has 1 aromatic rings. The average Bonchev–Trinajstić information content (AvgIpc) is 2.44. The highest BCUT2D eigenvalue weighted by Gasteiger charge is 2.32. The molecule has 0 saturated carbocycles. The second-order valence-electron chi connectivity index (χ2n) is 3.69. The summed E-state index contributed by atoms with van der Waals surface area (Å²) in [5, 5.41) is 4.31. The van der Waals surface area contributed by atoms with Crippen molar-refractivity contribution in [3.05, 3.63) is 16.1 Å². The van der Waals surface area contributed by atoms with Gasteiger partial charge in [0.25, 0.3) is 0 Å². The molecule has 1 N–H and O–H groups in total. The van der Waals surface area contributed by atoms with Crippen molar-refractivity contribution in [2.24, 2.45) is 0 Å². The van der Waals surface area contributed by atoms with Gasteiger partial charge in [0, 0.05) is 19.3 Å². The van der Waals surface area contributed by atoms with E-state index in [0.717, 1.165) is 18.1 Å². The minimum absolute atomic E-state index is 0.0535. The van der Waals surface area contributed by atoms with Crippen LogP contribution in [0.3, 0.4) is 0 Å². The Morgan fingerprint density at radius 1 is 1.69 bits per heavy atom. The predicted molar refractivity (Wildman–Crippen MR) is 52.9 cm³/mol. The standard InChI is InChI=1S/C9H14N2OS/c1-7-11-3-8(13-7)4-12-9(2)5-10-6-9/h3,10H,4-6H2,1-2H3. The number of nitrogens with one attached hydrogen (secondary N) is 1. The quantitative estimate of drug-likeness (QED) is 0.795. The van der Waals surface area contributed by atoms with Crippen molar-refractivity contribution >= 4 is 11.3 Å². The molecule has 0 amide bonds. The van der Waals surface area contributed by atoms with E-state index in [-0.39, 0.29) is 5.60 Å².